The Morgan fingerprint density at radius 1 is 1.11 bits per heavy atom. The smallest absolute Gasteiger partial charge is 0.244 e. The van der Waals surface area contributed by atoms with E-state index in [1.54, 1.807) is 6.07 Å². The van der Waals surface area contributed by atoms with Crippen molar-refractivity contribution in [2.24, 2.45) is 0 Å². The third-order valence-corrected chi connectivity index (χ3v) is 6.08. The Morgan fingerprint density at radius 3 is 2.41 bits per heavy atom. The number of nitrogens with zero attached hydrogens (tertiary/aromatic N) is 3. The Morgan fingerprint density at radius 2 is 1.81 bits per heavy atom. The zero-order valence-corrected chi connectivity index (χ0v) is 16.7. The SMILES string of the molecule is CN(C)C(CNC(=O)CN(C)S(=O)(=O)c1cccnc1)Cc1ccccc1. The van der Waals surface area contributed by atoms with Crippen LogP contribution in [0.25, 0.3) is 0 Å². The molecule has 1 N–H and O–H groups in total. The van der Waals surface area contributed by atoms with Crippen LogP contribution in [0.4, 0.5) is 0 Å². The van der Waals surface area contributed by atoms with Gasteiger partial charge in [-0.05, 0) is 38.2 Å². The number of sulfonamides is 1. The molecule has 27 heavy (non-hydrogen) atoms. The number of pyridine rings is 1. The number of aromatic nitrogens is 1. The molecule has 0 saturated carbocycles. The van der Waals surface area contributed by atoms with E-state index in [2.05, 4.69) is 10.3 Å². The summed E-state index contributed by atoms with van der Waals surface area (Å²) in [6.07, 6.45) is 3.56. The summed E-state index contributed by atoms with van der Waals surface area (Å²) in [6.45, 7) is 0.185. The van der Waals surface area contributed by atoms with Gasteiger partial charge in [0.15, 0.2) is 0 Å². The van der Waals surface area contributed by atoms with Crippen LogP contribution < -0.4 is 5.32 Å². The zero-order chi connectivity index (χ0) is 19.9. The van der Waals surface area contributed by atoms with E-state index in [1.807, 2.05) is 49.3 Å². The second-order valence-corrected chi connectivity index (χ2v) is 8.61. The van der Waals surface area contributed by atoms with Crippen molar-refractivity contribution in [2.75, 3.05) is 34.2 Å². The molecule has 2 rings (SSSR count). The first-order valence-electron chi connectivity index (χ1n) is 8.64. The Bertz CT molecular complexity index is 827. The van der Waals surface area contributed by atoms with Gasteiger partial charge in [-0.1, -0.05) is 30.3 Å². The van der Waals surface area contributed by atoms with Crippen molar-refractivity contribution in [3.63, 3.8) is 0 Å². The van der Waals surface area contributed by atoms with E-state index < -0.39 is 10.0 Å². The first-order valence-corrected chi connectivity index (χ1v) is 10.1. The molecule has 1 heterocycles. The van der Waals surface area contributed by atoms with Crippen molar-refractivity contribution < 1.29 is 13.2 Å². The van der Waals surface area contributed by atoms with E-state index in [0.29, 0.717) is 6.54 Å². The standard InChI is InChI=1S/C19H26N4O3S/c1-22(2)17(12-16-8-5-4-6-9-16)13-21-19(24)15-23(3)27(25,26)18-10-7-11-20-14-18/h4-11,14,17H,12-13,15H2,1-3H3,(H,21,24). The maximum absolute atomic E-state index is 12.5. The van der Waals surface area contributed by atoms with Crippen molar-refractivity contribution in [3.05, 3.63) is 60.4 Å². The minimum absolute atomic E-state index is 0.0653. The number of benzene rings is 1. The Balaban J connectivity index is 1.92. The van der Waals surface area contributed by atoms with E-state index in [-0.39, 0.29) is 23.4 Å². The third kappa shape index (κ3) is 6.13. The van der Waals surface area contributed by atoms with E-state index in [1.165, 1.54) is 31.1 Å². The molecule has 1 unspecified atom stereocenters. The second-order valence-electron chi connectivity index (χ2n) is 6.56. The highest BCUT2D eigenvalue weighted by molar-refractivity contribution is 7.89. The highest BCUT2D eigenvalue weighted by Crippen LogP contribution is 2.12. The normalized spacial score (nSPS) is 12.9. The van der Waals surface area contributed by atoms with Gasteiger partial charge in [-0.3, -0.25) is 9.78 Å². The third-order valence-electron chi connectivity index (χ3n) is 4.29. The van der Waals surface area contributed by atoms with E-state index in [9.17, 15) is 13.2 Å². The minimum Gasteiger partial charge on any atom is -0.353 e. The lowest BCUT2D eigenvalue weighted by molar-refractivity contribution is -0.121. The van der Waals surface area contributed by atoms with Crippen molar-refractivity contribution in [2.45, 2.75) is 17.4 Å². The lowest BCUT2D eigenvalue weighted by Gasteiger charge is -2.25. The van der Waals surface area contributed by atoms with Gasteiger partial charge in [0.1, 0.15) is 4.90 Å². The first kappa shape index (κ1) is 21.0. The van der Waals surface area contributed by atoms with Crippen LogP contribution in [0.3, 0.4) is 0 Å². The number of likely N-dealkylation sites (N-methyl/N-ethyl adjacent to an activating group) is 2. The zero-order valence-electron chi connectivity index (χ0n) is 15.9. The molecule has 0 spiro atoms. The molecule has 0 aliphatic carbocycles. The molecule has 0 aliphatic rings. The molecular weight excluding hydrogens is 364 g/mol. The summed E-state index contributed by atoms with van der Waals surface area (Å²) in [6, 6.07) is 13.1. The number of amides is 1. The number of hydrogen-bond donors (Lipinski definition) is 1. The number of carbonyl (C=O) groups is 1. The minimum atomic E-state index is -3.74. The molecule has 8 heteroatoms. The van der Waals surface area contributed by atoms with Gasteiger partial charge in [0.25, 0.3) is 0 Å². The number of hydrogen-bond acceptors (Lipinski definition) is 5. The van der Waals surface area contributed by atoms with Crippen LogP contribution in [0.1, 0.15) is 5.56 Å². The highest BCUT2D eigenvalue weighted by Gasteiger charge is 2.23. The molecule has 146 valence electrons. The van der Waals surface area contributed by atoms with E-state index in [0.717, 1.165) is 10.7 Å². The molecular formula is C19H26N4O3S. The summed E-state index contributed by atoms with van der Waals surface area (Å²) in [5.74, 6) is -0.343. The van der Waals surface area contributed by atoms with Crippen molar-refractivity contribution in [1.29, 1.82) is 0 Å². The Hall–Kier alpha value is -2.29. The van der Waals surface area contributed by atoms with Crippen LogP contribution in [0.2, 0.25) is 0 Å². The second kappa shape index (κ2) is 9.59. The van der Waals surface area contributed by atoms with Crippen LogP contribution in [0, 0.1) is 0 Å². The Kier molecular flexibility index (Phi) is 7.46. The molecule has 1 aromatic carbocycles. The van der Waals surface area contributed by atoms with Crippen molar-refractivity contribution in [1.82, 2.24) is 19.5 Å². The van der Waals surface area contributed by atoms with Gasteiger partial charge in [0.2, 0.25) is 15.9 Å². The molecule has 0 radical (unpaired) electrons. The largest absolute Gasteiger partial charge is 0.353 e. The van der Waals surface area contributed by atoms with Crippen molar-refractivity contribution in [3.8, 4) is 0 Å². The van der Waals surface area contributed by atoms with E-state index in [4.69, 9.17) is 0 Å². The van der Waals surface area contributed by atoms with Crippen LogP contribution in [-0.2, 0) is 21.2 Å². The molecule has 0 saturated heterocycles. The molecule has 1 aromatic heterocycles. The summed E-state index contributed by atoms with van der Waals surface area (Å²) in [7, 11) is 1.56. The fraction of sp³-hybridized carbons (Fsp3) is 0.368. The number of carbonyl (C=O) groups excluding carboxylic acids is 1. The van der Waals surface area contributed by atoms with Gasteiger partial charge >= 0.3 is 0 Å². The van der Waals surface area contributed by atoms with Crippen molar-refractivity contribution >= 4 is 15.9 Å². The predicted octanol–water partition coefficient (Wildman–Crippen LogP) is 0.991. The fourth-order valence-corrected chi connectivity index (χ4v) is 3.67. The van der Waals surface area contributed by atoms with Gasteiger partial charge in [-0.15, -0.1) is 0 Å². The number of rotatable bonds is 9. The molecule has 1 amide bonds. The molecule has 0 aliphatic heterocycles. The van der Waals surface area contributed by atoms with Gasteiger partial charge in [-0.2, -0.15) is 4.31 Å². The van der Waals surface area contributed by atoms with Gasteiger partial charge in [-0.25, -0.2) is 8.42 Å². The summed E-state index contributed by atoms with van der Waals surface area (Å²) in [5.41, 5.74) is 1.18. The maximum atomic E-state index is 12.5. The fourth-order valence-electron chi connectivity index (χ4n) is 2.58. The molecule has 0 fully saturated rings. The van der Waals surface area contributed by atoms with Gasteiger partial charge in [0.05, 0.1) is 6.54 Å². The molecule has 2 aromatic rings. The first-order chi connectivity index (χ1) is 12.8. The molecule has 7 nitrogen and oxygen atoms in total. The number of nitrogens with one attached hydrogen (secondary N) is 1. The van der Waals surface area contributed by atoms with Crippen LogP contribution in [0.15, 0.2) is 59.8 Å². The lowest BCUT2D eigenvalue weighted by Crippen LogP contribution is -2.45. The highest BCUT2D eigenvalue weighted by atomic mass is 32.2. The Labute approximate surface area is 161 Å². The predicted molar refractivity (Wildman–Crippen MR) is 105 cm³/mol. The topological polar surface area (TPSA) is 82.6 Å². The average molecular weight is 391 g/mol. The van der Waals surface area contributed by atoms with Gasteiger partial charge in [0, 0.05) is 32.0 Å². The van der Waals surface area contributed by atoms with E-state index >= 15 is 0 Å². The monoisotopic (exact) mass is 390 g/mol. The van der Waals surface area contributed by atoms with Gasteiger partial charge < -0.3 is 10.2 Å². The summed E-state index contributed by atoms with van der Waals surface area (Å²) in [4.78, 5) is 18.2. The summed E-state index contributed by atoms with van der Waals surface area (Å²) in [5, 5.41) is 2.84. The van der Waals surface area contributed by atoms with Crippen LogP contribution in [0.5, 0.6) is 0 Å². The van der Waals surface area contributed by atoms with Crippen LogP contribution in [-0.4, -0.2) is 68.8 Å². The summed E-state index contributed by atoms with van der Waals surface area (Å²) < 4.78 is 25.9. The molecule has 0 bridgehead atoms. The molecule has 1 atom stereocenters. The summed E-state index contributed by atoms with van der Waals surface area (Å²) >= 11 is 0. The maximum Gasteiger partial charge on any atom is 0.244 e. The quantitative estimate of drug-likeness (QED) is 0.690. The average Bonchev–Trinajstić information content (AvgIpc) is 2.66. The lowest BCUT2D eigenvalue weighted by atomic mass is 10.1. The van der Waals surface area contributed by atoms with Crippen LogP contribution >= 0.6 is 0 Å².